The van der Waals surface area contributed by atoms with Crippen LogP contribution in [0.4, 0.5) is 4.79 Å². The van der Waals surface area contributed by atoms with Gasteiger partial charge in [-0.25, -0.2) is 4.79 Å². The highest BCUT2D eigenvalue weighted by molar-refractivity contribution is 5.88. The van der Waals surface area contributed by atoms with E-state index in [1.54, 1.807) is 4.90 Å². The summed E-state index contributed by atoms with van der Waals surface area (Å²) in [6.45, 7) is 13.0. The van der Waals surface area contributed by atoms with E-state index in [1.165, 1.54) is 0 Å². The zero-order valence-electron chi connectivity index (χ0n) is 16.5. The SMILES string of the molecule is C/C=C\C1=C(C)N(C2CCN(C(=O)OC(C)(C)C)CC2)C(=O)C1CC. The van der Waals surface area contributed by atoms with Gasteiger partial charge in [0.1, 0.15) is 5.60 Å². The molecule has 1 fully saturated rings. The minimum Gasteiger partial charge on any atom is -0.444 e. The summed E-state index contributed by atoms with van der Waals surface area (Å²) in [5.41, 5.74) is 1.74. The Morgan fingerprint density at radius 3 is 2.36 bits per heavy atom. The topological polar surface area (TPSA) is 49.9 Å². The van der Waals surface area contributed by atoms with Gasteiger partial charge in [0.25, 0.3) is 0 Å². The Labute approximate surface area is 151 Å². The minimum absolute atomic E-state index is 0.0277. The van der Waals surface area contributed by atoms with Gasteiger partial charge in [-0.2, -0.15) is 0 Å². The number of ether oxygens (including phenoxy) is 1. The van der Waals surface area contributed by atoms with E-state index in [0.29, 0.717) is 13.1 Å². The maximum absolute atomic E-state index is 12.9. The second-order valence-electron chi connectivity index (χ2n) is 7.91. The molecule has 0 saturated carbocycles. The number of carbonyl (C=O) groups is 2. The van der Waals surface area contributed by atoms with Crippen LogP contribution in [0.1, 0.15) is 60.8 Å². The van der Waals surface area contributed by atoms with Crippen molar-refractivity contribution >= 4 is 12.0 Å². The Kier molecular flexibility index (Phi) is 5.96. The van der Waals surface area contributed by atoms with E-state index in [-0.39, 0.29) is 24.0 Å². The zero-order valence-corrected chi connectivity index (χ0v) is 16.5. The number of nitrogens with zero attached hydrogens (tertiary/aromatic N) is 2. The zero-order chi connectivity index (χ0) is 18.8. The van der Waals surface area contributed by atoms with Crippen molar-refractivity contribution in [3.8, 4) is 0 Å². The number of rotatable bonds is 3. The van der Waals surface area contributed by atoms with Gasteiger partial charge in [-0.15, -0.1) is 0 Å². The Hall–Kier alpha value is -1.78. The Bertz CT molecular complexity index is 578. The fraction of sp³-hybridized carbons (Fsp3) is 0.700. The standard InChI is InChI=1S/C20H32N2O3/c1-7-9-17-14(3)22(18(23)16(17)8-2)15-10-12-21(13-11-15)19(24)25-20(4,5)6/h7,9,15-16H,8,10-13H2,1-6H3/b9-7-. The summed E-state index contributed by atoms with van der Waals surface area (Å²) in [6.07, 6.45) is 6.22. The van der Waals surface area contributed by atoms with E-state index < -0.39 is 5.60 Å². The van der Waals surface area contributed by atoms with Crippen molar-refractivity contribution in [2.75, 3.05) is 13.1 Å². The van der Waals surface area contributed by atoms with Crippen LogP contribution in [0.25, 0.3) is 0 Å². The van der Waals surface area contributed by atoms with E-state index in [0.717, 1.165) is 30.5 Å². The molecule has 2 aliphatic heterocycles. The number of allylic oxidation sites excluding steroid dienone is 3. The number of piperidine rings is 1. The quantitative estimate of drug-likeness (QED) is 0.771. The van der Waals surface area contributed by atoms with Crippen LogP contribution in [0.5, 0.6) is 0 Å². The predicted molar refractivity (Wildman–Crippen MR) is 99.0 cm³/mol. The second kappa shape index (κ2) is 7.63. The van der Waals surface area contributed by atoms with Gasteiger partial charge in [0.15, 0.2) is 0 Å². The smallest absolute Gasteiger partial charge is 0.410 e. The number of hydrogen-bond donors (Lipinski definition) is 0. The van der Waals surface area contributed by atoms with Crippen LogP contribution in [-0.4, -0.2) is 46.5 Å². The molecule has 0 aliphatic carbocycles. The lowest BCUT2D eigenvalue weighted by Gasteiger charge is -2.38. The van der Waals surface area contributed by atoms with E-state index in [1.807, 2.05) is 45.6 Å². The molecule has 0 aromatic rings. The van der Waals surface area contributed by atoms with Gasteiger partial charge in [-0.05, 0) is 59.5 Å². The lowest BCUT2D eigenvalue weighted by atomic mass is 9.97. The average Bonchev–Trinajstić information content (AvgIpc) is 2.76. The Morgan fingerprint density at radius 1 is 1.28 bits per heavy atom. The fourth-order valence-electron chi connectivity index (χ4n) is 3.76. The molecule has 5 nitrogen and oxygen atoms in total. The summed E-state index contributed by atoms with van der Waals surface area (Å²) in [7, 11) is 0. The van der Waals surface area contributed by atoms with Gasteiger partial charge in [-0.3, -0.25) is 4.79 Å². The number of amides is 2. The van der Waals surface area contributed by atoms with E-state index in [4.69, 9.17) is 4.74 Å². The van der Waals surface area contributed by atoms with Crippen molar-refractivity contribution < 1.29 is 14.3 Å². The molecule has 2 aliphatic rings. The van der Waals surface area contributed by atoms with Gasteiger partial charge in [0, 0.05) is 24.8 Å². The molecule has 1 saturated heterocycles. The lowest BCUT2D eigenvalue weighted by Crippen LogP contribution is -2.48. The number of carbonyl (C=O) groups excluding carboxylic acids is 2. The fourth-order valence-corrected chi connectivity index (χ4v) is 3.76. The molecule has 25 heavy (non-hydrogen) atoms. The van der Waals surface area contributed by atoms with Crippen LogP contribution in [-0.2, 0) is 9.53 Å². The van der Waals surface area contributed by atoms with Crippen molar-refractivity contribution in [3.05, 3.63) is 23.4 Å². The van der Waals surface area contributed by atoms with Gasteiger partial charge < -0.3 is 14.5 Å². The van der Waals surface area contributed by atoms with E-state index >= 15 is 0 Å². The van der Waals surface area contributed by atoms with Gasteiger partial charge in [0.2, 0.25) is 5.91 Å². The van der Waals surface area contributed by atoms with Crippen LogP contribution in [0, 0.1) is 5.92 Å². The molecule has 140 valence electrons. The summed E-state index contributed by atoms with van der Waals surface area (Å²) in [4.78, 5) is 28.8. The van der Waals surface area contributed by atoms with Crippen LogP contribution in [0.2, 0.25) is 0 Å². The van der Waals surface area contributed by atoms with E-state index in [9.17, 15) is 9.59 Å². The van der Waals surface area contributed by atoms with Crippen molar-refractivity contribution in [2.45, 2.75) is 72.4 Å². The third kappa shape index (κ3) is 4.25. The highest BCUT2D eigenvalue weighted by Crippen LogP contribution is 2.36. The maximum Gasteiger partial charge on any atom is 0.410 e. The summed E-state index contributed by atoms with van der Waals surface area (Å²) in [5.74, 6) is 0.184. The molecule has 2 amide bonds. The Morgan fingerprint density at radius 2 is 1.88 bits per heavy atom. The molecule has 0 radical (unpaired) electrons. The van der Waals surface area contributed by atoms with Gasteiger partial charge in [-0.1, -0.05) is 19.1 Å². The molecule has 5 heteroatoms. The monoisotopic (exact) mass is 348 g/mol. The van der Waals surface area contributed by atoms with Crippen molar-refractivity contribution in [2.24, 2.45) is 5.92 Å². The number of likely N-dealkylation sites (tertiary alicyclic amines) is 1. The lowest BCUT2D eigenvalue weighted by molar-refractivity contribution is -0.133. The molecular formula is C20H32N2O3. The van der Waals surface area contributed by atoms with E-state index in [2.05, 4.69) is 13.0 Å². The normalized spacial score (nSPS) is 23.1. The van der Waals surface area contributed by atoms with Crippen molar-refractivity contribution in [1.82, 2.24) is 9.80 Å². The number of hydrogen-bond acceptors (Lipinski definition) is 3. The first-order valence-electron chi connectivity index (χ1n) is 9.34. The largest absolute Gasteiger partial charge is 0.444 e. The van der Waals surface area contributed by atoms with Gasteiger partial charge >= 0.3 is 6.09 Å². The summed E-state index contributed by atoms with van der Waals surface area (Å²) >= 11 is 0. The highest BCUT2D eigenvalue weighted by atomic mass is 16.6. The van der Waals surface area contributed by atoms with Crippen LogP contribution in [0.15, 0.2) is 23.4 Å². The first-order chi connectivity index (χ1) is 11.7. The molecule has 2 heterocycles. The molecule has 0 spiro atoms. The molecule has 0 N–H and O–H groups in total. The van der Waals surface area contributed by atoms with Gasteiger partial charge in [0.05, 0.1) is 5.92 Å². The van der Waals surface area contributed by atoms with Crippen molar-refractivity contribution in [3.63, 3.8) is 0 Å². The first kappa shape index (κ1) is 19.5. The molecule has 2 rings (SSSR count). The molecule has 1 unspecified atom stereocenters. The maximum atomic E-state index is 12.9. The summed E-state index contributed by atoms with van der Waals surface area (Å²) < 4.78 is 5.45. The first-order valence-corrected chi connectivity index (χ1v) is 9.34. The van der Waals surface area contributed by atoms with Crippen molar-refractivity contribution in [1.29, 1.82) is 0 Å². The average molecular weight is 348 g/mol. The highest BCUT2D eigenvalue weighted by Gasteiger charge is 2.40. The second-order valence-corrected chi connectivity index (χ2v) is 7.91. The Balaban J connectivity index is 2.05. The summed E-state index contributed by atoms with van der Waals surface area (Å²) in [6, 6.07) is 0.169. The molecule has 0 aromatic heterocycles. The van der Waals surface area contributed by atoms with Crippen LogP contribution in [0.3, 0.4) is 0 Å². The minimum atomic E-state index is -0.478. The molecule has 1 atom stereocenters. The predicted octanol–water partition coefficient (Wildman–Crippen LogP) is 4.10. The van der Waals surface area contributed by atoms with Crippen LogP contribution >= 0.6 is 0 Å². The third-order valence-electron chi connectivity index (χ3n) is 4.93. The summed E-state index contributed by atoms with van der Waals surface area (Å²) in [5, 5.41) is 0. The van der Waals surface area contributed by atoms with Crippen LogP contribution < -0.4 is 0 Å². The molecular weight excluding hydrogens is 316 g/mol. The molecule has 0 aromatic carbocycles. The third-order valence-corrected chi connectivity index (χ3v) is 4.93. The molecule has 0 bridgehead atoms.